The molecule has 1 N–H and O–H groups in total. The zero-order chi connectivity index (χ0) is 13.8. The van der Waals surface area contributed by atoms with E-state index < -0.39 is 0 Å². The lowest BCUT2D eigenvalue weighted by Gasteiger charge is -2.20. The van der Waals surface area contributed by atoms with Gasteiger partial charge in [0.05, 0.1) is 6.26 Å². The molecule has 3 rings (SSSR count). The van der Waals surface area contributed by atoms with Gasteiger partial charge < -0.3 is 9.73 Å². The van der Waals surface area contributed by atoms with Crippen LogP contribution in [0, 0.1) is 5.92 Å². The molecule has 0 atom stereocenters. The van der Waals surface area contributed by atoms with Crippen LogP contribution in [0.1, 0.15) is 37.7 Å². The quantitative estimate of drug-likeness (QED) is 0.921. The molecule has 0 saturated heterocycles. The van der Waals surface area contributed by atoms with Crippen molar-refractivity contribution in [1.82, 2.24) is 5.32 Å². The third-order valence-electron chi connectivity index (χ3n) is 4.23. The second-order valence-electron chi connectivity index (χ2n) is 5.63. The Morgan fingerprint density at radius 2 is 2.00 bits per heavy atom. The molecule has 1 aromatic carbocycles. The minimum Gasteiger partial charge on any atom is -0.464 e. The van der Waals surface area contributed by atoms with Crippen molar-refractivity contribution in [2.45, 2.75) is 38.5 Å². The maximum Gasteiger partial charge on any atom is 0.223 e. The van der Waals surface area contributed by atoms with Gasteiger partial charge in [-0.25, -0.2) is 0 Å². The van der Waals surface area contributed by atoms with Gasteiger partial charge in [0, 0.05) is 17.8 Å². The number of amides is 1. The van der Waals surface area contributed by atoms with Gasteiger partial charge in [-0.2, -0.15) is 0 Å². The number of hydrogen-bond acceptors (Lipinski definition) is 2. The molecule has 2 aromatic rings. The third kappa shape index (κ3) is 2.87. The molecule has 0 unspecified atom stereocenters. The van der Waals surface area contributed by atoms with Gasteiger partial charge >= 0.3 is 0 Å². The molecule has 1 heterocycles. The second-order valence-corrected chi connectivity index (χ2v) is 5.63. The smallest absolute Gasteiger partial charge is 0.223 e. The van der Waals surface area contributed by atoms with Gasteiger partial charge in [-0.15, -0.1) is 0 Å². The summed E-state index contributed by atoms with van der Waals surface area (Å²) in [4.78, 5) is 12.1. The van der Waals surface area contributed by atoms with E-state index in [-0.39, 0.29) is 11.8 Å². The van der Waals surface area contributed by atoms with Crippen LogP contribution in [0.4, 0.5) is 0 Å². The first-order chi connectivity index (χ1) is 9.84. The molecule has 1 saturated carbocycles. The van der Waals surface area contributed by atoms with Gasteiger partial charge in [-0.3, -0.25) is 4.79 Å². The summed E-state index contributed by atoms with van der Waals surface area (Å²) in [5.41, 5.74) is 2.09. The largest absolute Gasteiger partial charge is 0.464 e. The molecule has 106 valence electrons. The monoisotopic (exact) mass is 271 g/mol. The Labute approximate surface area is 119 Å². The Morgan fingerprint density at radius 3 is 2.85 bits per heavy atom. The number of furan rings is 1. The van der Waals surface area contributed by atoms with Crippen molar-refractivity contribution in [3.05, 3.63) is 36.1 Å². The molecule has 1 amide bonds. The summed E-state index contributed by atoms with van der Waals surface area (Å²) in [6.07, 6.45) is 8.42. The van der Waals surface area contributed by atoms with Gasteiger partial charge in [-0.05, 0) is 30.9 Å². The second kappa shape index (κ2) is 6.12. The Balaban J connectivity index is 1.53. The number of carbonyl (C=O) groups is 1. The molecular weight excluding hydrogens is 250 g/mol. The molecule has 20 heavy (non-hydrogen) atoms. The van der Waals surface area contributed by atoms with Crippen molar-refractivity contribution >= 4 is 16.9 Å². The fraction of sp³-hybridized carbons (Fsp3) is 0.471. The van der Waals surface area contributed by atoms with Crippen LogP contribution in [0.3, 0.4) is 0 Å². The fourth-order valence-electron chi connectivity index (χ4n) is 3.06. The van der Waals surface area contributed by atoms with Gasteiger partial charge in [-0.1, -0.05) is 37.5 Å². The van der Waals surface area contributed by atoms with E-state index in [2.05, 4.69) is 11.4 Å². The minimum atomic E-state index is 0.234. The van der Waals surface area contributed by atoms with E-state index in [0.29, 0.717) is 6.54 Å². The minimum absolute atomic E-state index is 0.234. The highest BCUT2D eigenvalue weighted by Crippen LogP contribution is 2.24. The molecule has 3 heteroatoms. The van der Waals surface area contributed by atoms with Gasteiger partial charge in [0.25, 0.3) is 0 Å². The number of rotatable bonds is 4. The van der Waals surface area contributed by atoms with Crippen molar-refractivity contribution in [2.24, 2.45) is 5.92 Å². The number of nitrogens with one attached hydrogen (secondary N) is 1. The number of carbonyl (C=O) groups excluding carboxylic acids is 1. The van der Waals surface area contributed by atoms with Gasteiger partial charge in [0.2, 0.25) is 5.91 Å². The van der Waals surface area contributed by atoms with Crippen molar-refractivity contribution in [3.8, 4) is 0 Å². The summed E-state index contributed by atoms with van der Waals surface area (Å²) >= 11 is 0. The average Bonchev–Trinajstić information content (AvgIpc) is 2.92. The summed E-state index contributed by atoms with van der Waals surface area (Å²) in [6.45, 7) is 0.693. The molecule has 1 aromatic heterocycles. The van der Waals surface area contributed by atoms with Crippen molar-refractivity contribution in [3.63, 3.8) is 0 Å². The van der Waals surface area contributed by atoms with E-state index in [1.807, 2.05) is 18.2 Å². The average molecular weight is 271 g/mol. The van der Waals surface area contributed by atoms with E-state index in [9.17, 15) is 4.79 Å². The SMILES string of the molecule is O=C(NCCc1coc2ccccc12)C1CCCCC1. The molecule has 1 fully saturated rings. The predicted octanol–water partition coefficient (Wildman–Crippen LogP) is 3.67. The van der Waals surface area contributed by atoms with Crippen LogP contribution in [0.2, 0.25) is 0 Å². The van der Waals surface area contributed by atoms with Crippen molar-refractivity contribution in [1.29, 1.82) is 0 Å². The first-order valence-corrected chi connectivity index (χ1v) is 7.57. The Bertz CT molecular complexity index is 581. The number of para-hydroxylation sites is 1. The van der Waals surface area contributed by atoms with E-state index in [4.69, 9.17) is 4.42 Å². The maximum absolute atomic E-state index is 12.1. The molecule has 0 spiro atoms. The molecular formula is C17H21NO2. The molecule has 1 aliphatic rings. The Morgan fingerprint density at radius 1 is 1.20 bits per heavy atom. The maximum atomic E-state index is 12.1. The first kappa shape index (κ1) is 13.2. The number of fused-ring (bicyclic) bond motifs is 1. The number of benzene rings is 1. The van der Waals surface area contributed by atoms with Crippen LogP contribution in [-0.4, -0.2) is 12.5 Å². The van der Waals surface area contributed by atoms with Crippen molar-refractivity contribution in [2.75, 3.05) is 6.54 Å². The van der Waals surface area contributed by atoms with E-state index in [1.54, 1.807) is 6.26 Å². The molecule has 3 nitrogen and oxygen atoms in total. The molecule has 0 aliphatic heterocycles. The summed E-state index contributed by atoms with van der Waals surface area (Å²) in [5, 5.41) is 4.23. The molecule has 1 aliphatic carbocycles. The zero-order valence-electron chi connectivity index (χ0n) is 11.7. The van der Waals surface area contributed by atoms with Crippen LogP contribution in [-0.2, 0) is 11.2 Å². The Hall–Kier alpha value is -1.77. The van der Waals surface area contributed by atoms with Crippen LogP contribution in [0.5, 0.6) is 0 Å². The standard InChI is InChI=1S/C17H21NO2/c19-17(13-6-2-1-3-7-13)18-11-10-14-12-20-16-9-5-4-8-15(14)16/h4-5,8-9,12-13H,1-3,6-7,10-11H2,(H,18,19). The predicted molar refractivity (Wildman–Crippen MR) is 79.5 cm³/mol. The van der Waals surface area contributed by atoms with E-state index >= 15 is 0 Å². The molecule has 0 bridgehead atoms. The first-order valence-electron chi connectivity index (χ1n) is 7.57. The van der Waals surface area contributed by atoms with Crippen LogP contribution in [0.25, 0.3) is 11.0 Å². The normalized spacial score (nSPS) is 16.4. The Kier molecular flexibility index (Phi) is 4.05. The van der Waals surface area contributed by atoms with Crippen LogP contribution >= 0.6 is 0 Å². The van der Waals surface area contributed by atoms with Crippen LogP contribution in [0.15, 0.2) is 34.9 Å². The topological polar surface area (TPSA) is 42.2 Å². The lowest BCUT2D eigenvalue weighted by atomic mass is 9.88. The summed E-state index contributed by atoms with van der Waals surface area (Å²) in [7, 11) is 0. The molecule has 0 radical (unpaired) electrons. The van der Waals surface area contributed by atoms with E-state index in [0.717, 1.165) is 30.2 Å². The third-order valence-corrected chi connectivity index (χ3v) is 4.23. The van der Waals surface area contributed by atoms with Crippen LogP contribution < -0.4 is 5.32 Å². The van der Waals surface area contributed by atoms with Gasteiger partial charge in [0.1, 0.15) is 5.58 Å². The summed E-state index contributed by atoms with van der Waals surface area (Å²) in [5.74, 6) is 0.474. The zero-order valence-corrected chi connectivity index (χ0v) is 11.7. The lowest BCUT2D eigenvalue weighted by Crippen LogP contribution is -2.33. The fourth-order valence-corrected chi connectivity index (χ4v) is 3.06. The highest BCUT2D eigenvalue weighted by Gasteiger charge is 2.20. The summed E-state index contributed by atoms with van der Waals surface area (Å²) < 4.78 is 5.51. The highest BCUT2D eigenvalue weighted by atomic mass is 16.3. The van der Waals surface area contributed by atoms with Gasteiger partial charge in [0.15, 0.2) is 0 Å². The van der Waals surface area contributed by atoms with Crippen molar-refractivity contribution < 1.29 is 9.21 Å². The lowest BCUT2D eigenvalue weighted by molar-refractivity contribution is -0.125. The summed E-state index contributed by atoms with van der Waals surface area (Å²) in [6, 6.07) is 8.03. The number of hydrogen-bond donors (Lipinski definition) is 1. The highest BCUT2D eigenvalue weighted by molar-refractivity contribution is 5.81. The van der Waals surface area contributed by atoms with E-state index in [1.165, 1.54) is 24.8 Å².